The van der Waals surface area contributed by atoms with E-state index in [1.807, 2.05) is 0 Å². The molecule has 1 aliphatic carbocycles. The Morgan fingerprint density at radius 2 is 2.00 bits per heavy atom. The summed E-state index contributed by atoms with van der Waals surface area (Å²) >= 11 is 0. The van der Waals surface area contributed by atoms with Crippen LogP contribution in [0.25, 0.3) is 0 Å². The molecule has 90 valence electrons. The van der Waals surface area contributed by atoms with Gasteiger partial charge >= 0.3 is 0 Å². The van der Waals surface area contributed by atoms with Gasteiger partial charge in [0.05, 0.1) is 5.75 Å². The van der Waals surface area contributed by atoms with Gasteiger partial charge in [0.15, 0.2) is 0 Å². The van der Waals surface area contributed by atoms with Gasteiger partial charge in [0.1, 0.15) is 0 Å². The lowest BCUT2D eigenvalue weighted by Crippen LogP contribution is -2.29. The Morgan fingerprint density at radius 3 is 2.53 bits per heavy atom. The molecule has 1 saturated carbocycles. The normalized spacial score (nSPS) is 17.7. The number of hydrogen-bond acceptors (Lipinski definition) is 3. The summed E-state index contributed by atoms with van der Waals surface area (Å²) in [7, 11) is -3.09. The standard InChI is InChI=1S/C10H21NO3S/c12-8-1-2-9-15(13,14)11-7-6-10-4-3-5-10/h10-12H,1-9H2. The fourth-order valence-electron chi connectivity index (χ4n) is 1.68. The molecular formula is C10H21NO3S. The van der Waals surface area contributed by atoms with Crippen LogP contribution < -0.4 is 4.72 Å². The molecule has 0 aromatic rings. The van der Waals surface area contributed by atoms with E-state index < -0.39 is 10.0 Å². The van der Waals surface area contributed by atoms with Gasteiger partial charge in [-0.25, -0.2) is 13.1 Å². The molecule has 0 aliphatic heterocycles. The molecule has 4 nitrogen and oxygen atoms in total. The predicted octanol–water partition coefficient (Wildman–Crippen LogP) is 0.868. The minimum Gasteiger partial charge on any atom is -0.396 e. The van der Waals surface area contributed by atoms with Gasteiger partial charge in [0.25, 0.3) is 0 Å². The topological polar surface area (TPSA) is 66.4 Å². The molecule has 0 atom stereocenters. The van der Waals surface area contributed by atoms with E-state index >= 15 is 0 Å². The Hall–Kier alpha value is -0.130. The van der Waals surface area contributed by atoms with Crippen molar-refractivity contribution in [2.45, 2.75) is 38.5 Å². The van der Waals surface area contributed by atoms with Gasteiger partial charge in [-0.05, 0) is 25.2 Å². The fraction of sp³-hybridized carbons (Fsp3) is 1.00. The molecule has 0 aromatic carbocycles. The van der Waals surface area contributed by atoms with Crippen LogP contribution in [0.5, 0.6) is 0 Å². The Balaban J connectivity index is 2.06. The number of aliphatic hydroxyl groups is 1. The molecular weight excluding hydrogens is 214 g/mol. The summed E-state index contributed by atoms with van der Waals surface area (Å²) in [6.07, 6.45) is 5.88. The molecule has 0 amide bonds. The molecule has 0 bridgehead atoms. The largest absolute Gasteiger partial charge is 0.396 e. The van der Waals surface area contributed by atoms with Crippen LogP contribution in [0.4, 0.5) is 0 Å². The number of sulfonamides is 1. The Morgan fingerprint density at radius 1 is 1.27 bits per heavy atom. The summed E-state index contributed by atoms with van der Waals surface area (Å²) in [4.78, 5) is 0. The summed E-state index contributed by atoms with van der Waals surface area (Å²) in [5.41, 5.74) is 0. The lowest BCUT2D eigenvalue weighted by atomic mass is 9.83. The highest BCUT2D eigenvalue weighted by molar-refractivity contribution is 7.89. The van der Waals surface area contributed by atoms with Gasteiger partial charge in [0.2, 0.25) is 10.0 Å². The molecule has 5 heteroatoms. The zero-order chi connectivity index (χ0) is 11.1. The highest BCUT2D eigenvalue weighted by Gasteiger charge is 2.17. The summed E-state index contributed by atoms with van der Waals surface area (Å²) in [5.74, 6) is 0.878. The summed E-state index contributed by atoms with van der Waals surface area (Å²) < 4.78 is 25.4. The van der Waals surface area contributed by atoms with E-state index in [0.29, 0.717) is 19.4 Å². The number of hydrogen-bond donors (Lipinski definition) is 2. The van der Waals surface area contributed by atoms with Gasteiger partial charge in [-0.15, -0.1) is 0 Å². The second-order valence-electron chi connectivity index (χ2n) is 4.23. The van der Waals surface area contributed by atoms with Gasteiger partial charge in [0, 0.05) is 13.2 Å². The number of rotatable bonds is 8. The first-order valence-corrected chi connectivity index (χ1v) is 7.37. The molecule has 2 N–H and O–H groups in total. The zero-order valence-corrected chi connectivity index (χ0v) is 9.93. The third kappa shape index (κ3) is 5.49. The number of unbranched alkanes of at least 4 members (excludes halogenated alkanes) is 1. The second kappa shape index (κ2) is 6.45. The van der Waals surface area contributed by atoms with Crippen molar-refractivity contribution in [2.24, 2.45) is 5.92 Å². The summed E-state index contributed by atoms with van der Waals surface area (Å²) in [5, 5.41) is 8.54. The summed E-state index contributed by atoms with van der Waals surface area (Å²) in [6, 6.07) is 0. The Kier molecular flexibility index (Phi) is 5.56. The molecule has 1 aliphatic rings. The third-order valence-corrected chi connectivity index (χ3v) is 4.39. The number of aliphatic hydroxyl groups excluding tert-OH is 1. The third-order valence-electron chi connectivity index (χ3n) is 2.92. The molecule has 1 fully saturated rings. The van der Waals surface area contributed by atoms with Crippen LogP contribution in [-0.2, 0) is 10.0 Å². The van der Waals surface area contributed by atoms with Gasteiger partial charge in [-0.1, -0.05) is 19.3 Å². The molecule has 1 rings (SSSR count). The maximum atomic E-state index is 11.4. The molecule has 0 heterocycles. The van der Waals surface area contributed by atoms with E-state index in [4.69, 9.17) is 5.11 Å². The fourth-order valence-corrected chi connectivity index (χ4v) is 2.83. The van der Waals surface area contributed by atoms with E-state index in [9.17, 15) is 8.42 Å². The van der Waals surface area contributed by atoms with Crippen molar-refractivity contribution in [3.63, 3.8) is 0 Å². The average molecular weight is 235 g/mol. The van der Waals surface area contributed by atoms with Crippen molar-refractivity contribution < 1.29 is 13.5 Å². The molecule has 0 unspecified atom stereocenters. The van der Waals surface area contributed by atoms with Crippen LogP contribution >= 0.6 is 0 Å². The molecule has 15 heavy (non-hydrogen) atoms. The van der Waals surface area contributed by atoms with Crippen LogP contribution in [0.15, 0.2) is 0 Å². The van der Waals surface area contributed by atoms with E-state index in [0.717, 1.165) is 12.3 Å². The Labute approximate surface area is 92.1 Å². The van der Waals surface area contributed by atoms with Crippen LogP contribution in [0.3, 0.4) is 0 Å². The average Bonchev–Trinajstić information content (AvgIpc) is 2.10. The second-order valence-corrected chi connectivity index (χ2v) is 6.16. The van der Waals surface area contributed by atoms with Crippen molar-refractivity contribution in [1.82, 2.24) is 4.72 Å². The molecule has 0 spiro atoms. The minimum atomic E-state index is -3.09. The first-order chi connectivity index (χ1) is 7.14. The van der Waals surface area contributed by atoms with Crippen LogP contribution in [0.2, 0.25) is 0 Å². The van der Waals surface area contributed by atoms with Gasteiger partial charge < -0.3 is 5.11 Å². The van der Waals surface area contributed by atoms with E-state index in [1.165, 1.54) is 19.3 Å². The van der Waals surface area contributed by atoms with Crippen molar-refractivity contribution in [2.75, 3.05) is 18.9 Å². The quantitative estimate of drug-likeness (QED) is 0.613. The van der Waals surface area contributed by atoms with E-state index in [2.05, 4.69) is 4.72 Å². The molecule has 0 saturated heterocycles. The lowest BCUT2D eigenvalue weighted by Gasteiger charge is -2.25. The van der Waals surface area contributed by atoms with Crippen LogP contribution in [-0.4, -0.2) is 32.4 Å². The SMILES string of the molecule is O=S(=O)(CCCCO)NCCC1CCC1. The summed E-state index contributed by atoms with van der Waals surface area (Å²) in [6.45, 7) is 0.643. The van der Waals surface area contributed by atoms with Gasteiger partial charge in [-0.2, -0.15) is 0 Å². The van der Waals surface area contributed by atoms with Crippen molar-refractivity contribution in [3.8, 4) is 0 Å². The van der Waals surface area contributed by atoms with Crippen molar-refractivity contribution in [3.05, 3.63) is 0 Å². The minimum absolute atomic E-state index is 0.0671. The number of nitrogens with one attached hydrogen (secondary N) is 1. The smallest absolute Gasteiger partial charge is 0.211 e. The highest BCUT2D eigenvalue weighted by atomic mass is 32.2. The Bertz CT molecular complexity index is 260. The lowest BCUT2D eigenvalue weighted by molar-refractivity contribution is 0.287. The van der Waals surface area contributed by atoms with Crippen LogP contribution in [0, 0.1) is 5.92 Å². The van der Waals surface area contributed by atoms with Crippen molar-refractivity contribution >= 4 is 10.0 Å². The monoisotopic (exact) mass is 235 g/mol. The highest BCUT2D eigenvalue weighted by Crippen LogP contribution is 2.28. The van der Waals surface area contributed by atoms with E-state index in [1.54, 1.807) is 0 Å². The molecule has 0 radical (unpaired) electrons. The molecule has 0 aromatic heterocycles. The van der Waals surface area contributed by atoms with Crippen LogP contribution in [0.1, 0.15) is 38.5 Å². The van der Waals surface area contributed by atoms with Gasteiger partial charge in [-0.3, -0.25) is 0 Å². The first kappa shape index (κ1) is 12.9. The van der Waals surface area contributed by atoms with Crippen molar-refractivity contribution in [1.29, 1.82) is 0 Å². The predicted molar refractivity (Wildman–Crippen MR) is 60.1 cm³/mol. The first-order valence-electron chi connectivity index (χ1n) is 5.72. The maximum Gasteiger partial charge on any atom is 0.211 e. The van der Waals surface area contributed by atoms with E-state index in [-0.39, 0.29) is 12.4 Å². The maximum absolute atomic E-state index is 11.4. The zero-order valence-electron chi connectivity index (χ0n) is 9.11.